The van der Waals surface area contributed by atoms with Crippen molar-refractivity contribution in [2.24, 2.45) is 0 Å². The molecule has 0 spiro atoms. The molecular weight excluding hydrogens is 284 g/mol. The molecule has 0 radical (unpaired) electrons. The molecule has 0 fully saturated rings. The number of ketones is 1. The number of hydrogen-bond donors (Lipinski definition) is 0. The van der Waals surface area contributed by atoms with Crippen molar-refractivity contribution in [3.8, 4) is 11.6 Å². The van der Waals surface area contributed by atoms with Crippen LogP contribution in [-0.2, 0) is 0 Å². The molecule has 0 atom stereocenters. The maximum atomic E-state index is 11.4. The highest BCUT2D eigenvalue weighted by Crippen LogP contribution is 2.24. The van der Waals surface area contributed by atoms with E-state index in [2.05, 4.69) is 25.9 Å². The molecule has 0 saturated carbocycles. The zero-order valence-corrected chi connectivity index (χ0v) is 10.6. The number of rotatable bonds is 3. The van der Waals surface area contributed by atoms with Crippen molar-refractivity contribution >= 4 is 21.7 Å². The SMILES string of the molecule is CC(=O)c1cccnc1Oc1cncc(Br)c1. The first-order chi connectivity index (χ1) is 8.16. The number of nitrogens with zero attached hydrogens (tertiary/aromatic N) is 2. The van der Waals surface area contributed by atoms with Crippen molar-refractivity contribution in [3.05, 3.63) is 46.8 Å². The van der Waals surface area contributed by atoms with Gasteiger partial charge in [0.1, 0.15) is 5.75 Å². The molecule has 2 rings (SSSR count). The average molecular weight is 293 g/mol. The predicted octanol–water partition coefficient (Wildman–Crippen LogP) is 3.23. The van der Waals surface area contributed by atoms with Crippen molar-refractivity contribution in [2.75, 3.05) is 0 Å². The monoisotopic (exact) mass is 292 g/mol. The van der Waals surface area contributed by atoms with E-state index >= 15 is 0 Å². The Balaban J connectivity index is 2.33. The minimum absolute atomic E-state index is 0.0870. The fraction of sp³-hybridized carbons (Fsp3) is 0.0833. The number of ether oxygens (including phenoxy) is 1. The maximum absolute atomic E-state index is 11.4. The minimum atomic E-state index is -0.0870. The average Bonchev–Trinajstić information content (AvgIpc) is 2.29. The molecule has 2 aromatic rings. The van der Waals surface area contributed by atoms with Crippen LogP contribution in [0.3, 0.4) is 0 Å². The second-order valence-electron chi connectivity index (χ2n) is 3.35. The van der Waals surface area contributed by atoms with Gasteiger partial charge >= 0.3 is 0 Å². The van der Waals surface area contributed by atoms with Crippen LogP contribution in [0.1, 0.15) is 17.3 Å². The second-order valence-corrected chi connectivity index (χ2v) is 4.27. The molecule has 0 unspecified atom stereocenters. The van der Waals surface area contributed by atoms with Crippen molar-refractivity contribution in [1.29, 1.82) is 0 Å². The van der Waals surface area contributed by atoms with E-state index < -0.39 is 0 Å². The molecule has 0 N–H and O–H groups in total. The lowest BCUT2D eigenvalue weighted by atomic mass is 10.2. The fourth-order valence-corrected chi connectivity index (χ4v) is 1.64. The largest absolute Gasteiger partial charge is 0.437 e. The maximum Gasteiger partial charge on any atom is 0.230 e. The first kappa shape index (κ1) is 11.7. The van der Waals surface area contributed by atoms with Crippen LogP contribution in [0.4, 0.5) is 0 Å². The summed E-state index contributed by atoms with van der Waals surface area (Å²) in [6, 6.07) is 5.13. The summed E-state index contributed by atoms with van der Waals surface area (Å²) in [6.07, 6.45) is 4.79. The summed E-state index contributed by atoms with van der Waals surface area (Å²) in [4.78, 5) is 19.4. The van der Waals surface area contributed by atoms with Crippen LogP contribution in [0.25, 0.3) is 0 Å². The van der Waals surface area contributed by atoms with Gasteiger partial charge in [0, 0.05) is 16.9 Å². The van der Waals surface area contributed by atoms with Gasteiger partial charge in [0.15, 0.2) is 5.78 Å². The summed E-state index contributed by atoms with van der Waals surface area (Å²) in [7, 11) is 0. The zero-order chi connectivity index (χ0) is 12.3. The van der Waals surface area contributed by atoms with Crippen molar-refractivity contribution in [3.63, 3.8) is 0 Å². The van der Waals surface area contributed by atoms with Gasteiger partial charge in [-0.1, -0.05) is 0 Å². The Hall–Kier alpha value is -1.75. The molecule has 86 valence electrons. The van der Waals surface area contributed by atoms with E-state index in [0.29, 0.717) is 17.2 Å². The molecule has 2 aromatic heterocycles. The highest BCUT2D eigenvalue weighted by molar-refractivity contribution is 9.10. The third kappa shape index (κ3) is 2.88. The van der Waals surface area contributed by atoms with E-state index in [1.807, 2.05) is 0 Å². The molecule has 4 nitrogen and oxygen atoms in total. The molecule has 0 amide bonds. The van der Waals surface area contributed by atoms with Crippen molar-refractivity contribution in [2.45, 2.75) is 6.92 Å². The Kier molecular flexibility index (Phi) is 3.49. The zero-order valence-electron chi connectivity index (χ0n) is 9.05. The fourth-order valence-electron chi connectivity index (χ4n) is 1.30. The van der Waals surface area contributed by atoms with Crippen LogP contribution in [-0.4, -0.2) is 15.8 Å². The molecule has 0 saturated heterocycles. The van der Waals surface area contributed by atoms with Gasteiger partial charge in [-0.15, -0.1) is 0 Å². The second kappa shape index (κ2) is 5.05. The van der Waals surface area contributed by atoms with Gasteiger partial charge in [-0.25, -0.2) is 4.98 Å². The minimum Gasteiger partial charge on any atom is -0.437 e. The van der Waals surface area contributed by atoms with Crippen LogP contribution in [0, 0.1) is 0 Å². The summed E-state index contributed by atoms with van der Waals surface area (Å²) < 4.78 is 6.33. The Labute approximate surface area is 107 Å². The van der Waals surface area contributed by atoms with Crippen LogP contribution in [0.2, 0.25) is 0 Å². The Morgan fingerprint density at radius 2 is 2.24 bits per heavy atom. The van der Waals surface area contributed by atoms with E-state index in [9.17, 15) is 4.79 Å². The molecule has 0 aliphatic rings. The van der Waals surface area contributed by atoms with E-state index in [0.717, 1.165) is 4.47 Å². The van der Waals surface area contributed by atoms with Gasteiger partial charge < -0.3 is 4.74 Å². The number of Topliss-reactive ketones (excluding diaryl/α,β-unsaturated/α-hetero) is 1. The summed E-state index contributed by atoms with van der Waals surface area (Å²) in [6.45, 7) is 1.48. The molecule has 0 aliphatic heterocycles. The highest BCUT2D eigenvalue weighted by atomic mass is 79.9. The summed E-state index contributed by atoms with van der Waals surface area (Å²) in [5.74, 6) is 0.733. The predicted molar refractivity (Wildman–Crippen MR) is 66.3 cm³/mol. The third-order valence-corrected chi connectivity index (χ3v) is 2.48. The molecule has 2 heterocycles. The molecule has 0 aliphatic carbocycles. The highest BCUT2D eigenvalue weighted by Gasteiger charge is 2.10. The van der Waals surface area contributed by atoms with Gasteiger partial charge in [0.2, 0.25) is 5.88 Å². The lowest BCUT2D eigenvalue weighted by Crippen LogP contribution is -1.99. The molecule has 17 heavy (non-hydrogen) atoms. The topological polar surface area (TPSA) is 52.1 Å². The quantitative estimate of drug-likeness (QED) is 0.815. The smallest absolute Gasteiger partial charge is 0.230 e. The van der Waals surface area contributed by atoms with E-state index in [1.54, 1.807) is 36.8 Å². The van der Waals surface area contributed by atoms with Crippen LogP contribution >= 0.6 is 15.9 Å². The standard InChI is InChI=1S/C12H9BrN2O2/c1-8(16)11-3-2-4-15-12(11)17-10-5-9(13)6-14-7-10/h2-7H,1H3. The van der Waals surface area contributed by atoms with Gasteiger partial charge in [0.05, 0.1) is 11.8 Å². The summed E-state index contributed by atoms with van der Waals surface area (Å²) >= 11 is 3.29. The van der Waals surface area contributed by atoms with E-state index in [1.165, 1.54) is 6.92 Å². The van der Waals surface area contributed by atoms with Crippen LogP contribution in [0.5, 0.6) is 11.6 Å². The summed E-state index contributed by atoms with van der Waals surface area (Å²) in [5, 5.41) is 0. The Morgan fingerprint density at radius 1 is 1.41 bits per heavy atom. The van der Waals surface area contributed by atoms with Crippen LogP contribution in [0.15, 0.2) is 41.3 Å². The lowest BCUT2D eigenvalue weighted by Gasteiger charge is -2.07. The van der Waals surface area contributed by atoms with Crippen molar-refractivity contribution in [1.82, 2.24) is 9.97 Å². The van der Waals surface area contributed by atoms with Crippen LogP contribution < -0.4 is 4.74 Å². The van der Waals surface area contributed by atoms with Gasteiger partial charge in [0.25, 0.3) is 0 Å². The Morgan fingerprint density at radius 3 is 2.94 bits per heavy atom. The molecule has 0 bridgehead atoms. The number of hydrogen-bond acceptors (Lipinski definition) is 4. The lowest BCUT2D eigenvalue weighted by molar-refractivity contribution is 0.101. The van der Waals surface area contributed by atoms with Gasteiger partial charge in [-0.05, 0) is 41.1 Å². The number of carbonyl (C=O) groups is 1. The number of carbonyl (C=O) groups excluding carboxylic acids is 1. The number of halogens is 1. The molecule has 5 heteroatoms. The normalized spacial score (nSPS) is 10.0. The Bertz CT molecular complexity index is 558. The number of pyridine rings is 2. The van der Waals surface area contributed by atoms with Gasteiger partial charge in [-0.3, -0.25) is 9.78 Å². The molecular formula is C12H9BrN2O2. The number of aromatic nitrogens is 2. The van der Waals surface area contributed by atoms with E-state index in [4.69, 9.17) is 4.74 Å². The first-order valence-electron chi connectivity index (χ1n) is 4.91. The van der Waals surface area contributed by atoms with Crippen molar-refractivity contribution < 1.29 is 9.53 Å². The van der Waals surface area contributed by atoms with E-state index in [-0.39, 0.29) is 5.78 Å². The third-order valence-electron chi connectivity index (χ3n) is 2.04. The van der Waals surface area contributed by atoms with Gasteiger partial charge in [-0.2, -0.15) is 0 Å². The molecule has 0 aromatic carbocycles. The summed E-state index contributed by atoms with van der Waals surface area (Å²) in [5.41, 5.74) is 0.451. The first-order valence-corrected chi connectivity index (χ1v) is 5.70.